The third kappa shape index (κ3) is 3.58. The normalized spacial score (nSPS) is 15.5. The standard InChI is InChI=1S/C15H20N6O2/c1-20-10-18-13(8-15(20)22)21-5-3-11(4-6-21)19-12-7-14(23-2)17-9-16-12/h7-11H,3-6H2,1-2H3,(H,16,17,19). The fourth-order valence-corrected chi connectivity index (χ4v) is 2.62. The highest BCUT2D eigenvalue weighted by molar-refractivity contribution is 5.40. The number of hydrogen-bond donors (Lipinski definition) is 1. The van der Waals surface area contributed by atoms with E-state index in [9.17, 15) is 4.79 Å². The summed E-state index contributed by atoms with van der Waals surface area (Å²) in [7, 11) is 3.28. The lowest BCUT2D eigenvalue weighted by atomic mass is 10.1. The molecule has 2 aromatic rings. The van der Waals surface area contributed by atoms with Gasteiger partial charge in [-0.15, -0.1) is 0 Å². The topological polar surface area (TPSA) is 85.2 Å². The van der Waals surface area contributed by atoms with Crippen LogP contribution in [0.25, 0.3) is 0 Å². The second-order valence-corrected chi connectivity index (χ2v) is 5.55. The van der Waals surface area contributed by atoms with E-state index in [1.807, 2.05) is 0 Å². The van der Waals surface area contributed by atoms with E-state index < -0.39 is 0 Å². The molecule has 0 bridgehead atoms. The van der Waals surface area contributed by atoms with Crippen LogP contribution in [-0.2, 0) is 7.05 Å². The van der Waals surface area contributed by atoms with Crippen molar-refractivity contribution in [1.82, 2.24) is 19.5 Å². The number of piperidine rings is 1. The van der Waals surface area contributed by atoms with Crippen LogP contribution in [0.5, 0.6) is 5.88 Å². The number of hydrogen-bond acceptors (Lipinski definition) is 7. The molecule has 0 atom stereocenters. The van der Waals surface area contributed by atoms with E-state index in [-0.39, 0.29) is 5.56 Å². The van der Waals surface area contributed by atoms with Crippen molar-refractivity contribution in [3.8, 4) is 5.88 Å². The maximum absolute atomic E-state index is 11.7. The van der Waals surface area contributed by atoms with Crippen molar-refractivity contribution in [3.63, 3.8) is 0 Å². The van der Waals surface area contributed by atoms with E-state index in [1.165, 1.54) is 10.9 Å². The molecular formula is C15H20N6O2. The van der Waals surface area contributed by atoms with Crippen LogP contribution in [0.3, 0.4) is 0 Å². The number of rotatable bonds is 4. The quantitative estimate of drug-likeness (QED) is 0.887. The summed E-state index contributed by atoms with van der Waals surface area (Å²) in [5, 5.41) is 3.40. The van der Waals surface area contributed by atoms with Gasteiger partial charge >= 0.3 is 0 Å². The molecule has 0 spiro atoms. The molecule has 122 valence electrons. The molecule has 0 amide bonds. The molecule has 1 saturated heterocycles. The number of anilines is 2. The lowest BCUT2D eigenvalue weighted by Gasteiger charge is -2.33. The third-order valence-corrected chi connectivity index (χ3v) is 3.99. The summed E-state index contributed by atoms with van der Waals surface area (Å²) in [5.41, 5.74) is -0.0386. The van der Waals surface area contributed by atoms with E-state index in [4.69, 9.17) is 4.74 Å². The maximum Gasteiger partial charge on any atom is 0.255 e. The summed E-state index contributed by atoms with van der Waals surface area (Å²) in [4.78, 5) is 26.4. The molecule has 0 unspecified atom stereocenters. The van der Waals surface area contributed by atoms with Gasteiger partial charge in [0.1, 0.15) is 18.0 Å². The van der Waals surface area contributed by atoms with Crippen LogP contribution in [0.15, 0.2) is 29.6 Å². The first-order valence-corrected chi connectivity index (χ1v) is 7.56. The van der Waals surface area contributed by atoms with Gasteiger partial charge in [-0.1, -0.05) is 0 Å². The summed E-state index contributed by atoms with van der Waals surface area (Å²) >= 11 is 0. The summed E-state index contributed by atoms with van der Waals surface area (Å²) in [6, 6.07) is 3.70. The molecule has 0 aliphatic carbocycles. The van der Waals surface area contributed by atoms with Gasteiger partial charge in [-0.3, -0.25) is 4.79 Å². The van der Waals surface area contributed by atoms with Crippen molar-refractivity contribution in [3.05, 3.63) is 35.1 Å². The molecule has 1 aliphatic rings. The smallest absolute Gasteiger partial charge is 0.255 e. The lowest BCUT2D eigenvalue weighted by Crippen LogP contribution is -2.40. The first-order chi connectivity index (χ1) is 11.2. The average molecular weight is 316 g/mol. The Bertz CT molecular complexity index is 724. The lowest BCUT2D eigenvalue weighted by molar-refractivity contribution is 0.397. The first-order valence-electron chi connectivity index (χ1n) is 7.56. The Morgan fingerprint density at radius 3 is 2.70 bits per heavy atom. The Morgan fingerprint density at radius 1 is 1.22 bits per heavy atom. The molecule has 2 aromatic heterocycles. The van der Waals surface area contributed by atoms with Crippen LogP contribution in [0, 0.1) is 0 Å². The van der Waals surface area contributed by atoms with Crippen LogP contribution in [-0.4, -0.2) is 45.8 Å². The van der Waals surface area contributed by atoms with Crippen LogP contribution in [0.4, 0.5) is 11.6 Å². The minimum Gasteiger partial charge on any atom is -0.481 e. The van der Waals surface area contributed by atoms with Gasteiger partial charge in [-0.2, -0.15) is 0 Å². The van der Waals surface area contributed by atoms with Crippen LogP contribution in [0.2, 0.25) is 0 Å². The van der Waals surface area contributed by atoms with Gasteiger partial charge in [0.05, 0.1) is 13.4 Å². The molecule has 1 fully saturated rings. The van der Waals surface area contributed by atoms with Crippen molar-refractivity contribution in [2.45, 2.75) is 18.9 Å². The van der Waals surface area contributed by atoms with E-state index in [2.05, 4.69) is 25.2 Å². The Morgan fingerprint density at radius 2 is 2.00 bits per heavy atom. The third-order valence-electron chi connectivity index (χ3n) is 3.99. The van der Waals surface area contributed by atoms with E-state index in [1.54, 1.807) is 32.6 Å². The van der Waals surface area contributed by atoms with Crippen LogP contribution >= 0.6 is 0 Å². The largest absolute Gasteiger partial charge is 0.481 e. The Hall–Kier alpha value is -2.64. The SMILES string of the molecule is COc1cc(NC2CCN(c3cc(=O)n(C)cn3)CC2)ncn1. The Kier molecular flexibility index (Phi) is 4.40. The van der Waals surface area contributed by atoms with E-state index in [0.29, 0.717) is 11.9 Å². The molecule has 8 nitrogen and oxygen atoms in total. The maximum atomic E-state index is 11.7. The zero-order valence-corrected chi connectivity index (χ0v) is 13.3. The summed E-state index contributed by atoms with van der Waals surface area (Å²) in [5.74, 6) is 2.06. The fraction of sp³-hybridized carbons (Fsp3) is 0.467. The first kappa shape index (κ1) is 15.3. The number of aryl methyl sites for hydroxylation is 1. The second kappa shape index (κ2) is 6.64. The average Bonchev–Trinajstić information content (AvgIpc) is 2.58. The summed E-state index contributed by atoms with van der Waals surface area (Å²) in [6.45, 7) is 1.69. The van der Waals surface area contributed by atoms with Gasteiger partial charge in [-0.05, 0) is 12.8 Å². The number of methoxy groups -OCH3 is 1. The summed E-state index contributed by atoms with van der Waals surface area (Å²) in [6.07, 6.45) is 4.95. The zero-order valence-electron chi connectivity index (χ0n) is 13.3. The zero-order chi connectivity index (χ0) is 16.2. The van der Waals surface area contributed by atoms with Gasteiger partial charge in [0.15, 0.2) is 0 Å². The van der Waals surface area contributed by atoms with Gasteiger partial charge in [0.25, 0.3) is 5.56 Å². The number of nitrogens with zero attached hydrogens (tertiary/aromatic N) is 5. The number of ether oxygens (including phenoxy) is 1. The fourth-order valence-electron chi connectivity index (χ4n) is 2.62. The number of aromatic nitrogens is 4. The molecule has 1 N–H and O–H groups in total. The Labute approximate surface area is 134 Å². The van der Waals surface area contributed by atoms with Crippen LogP contribution < -0.4 is 20.5 Å². The van der Waals surface area contributed by atoms with Gasteiger partial charge in [-0.25, -0.2) is 15.0 Å². The molecule has 23 heavy (non-hydrogen) atoms. The monoisotopic (exact) mass is 316 g/mol. The van der Waals surface area contributed by atoms with Crippen molar-refractivity contribution in [1.29, 1.82) is 0 Å². The highest BCUT2D eigenvalue weighted by Gasteiger charge is 2.20. The minimum absolute atomic E-state index is 0.0386. The van der Waals surface area contributed by atoms with Crippen molar-refractivity contribution in [2.24, 2.45) is 7.05 Å². The van der Waals surface area contributed by atoms with Crippen molar-refractivity contribution in [2.75, 3.05) is 30.4 Å². The molecule has 0 saturated carbocycles. The minimum atomic E-state index is -0.0386. The molecular weight excluding hydrogens is 296 g/mol. The van der Waals surface area contributed by atoms with E-state index >= 15 is 0 Å². The molecule has 3 heterocycles. The molecule has 0 radical (unpaired) electrons. The van der Waals surface area contributed by atoms with Crippen molar-refractivity contribution < 1.29 is 4.74 Å². The molecule has 1 aliphatic heterocycles. The highest BCUT2D eigenvalue weighted by atomic mass is 16.5. The second-order valence-electron chi connectivity index (χ2n) is 5.55. The molecule has 0 aromatic carbocycles. The van der Waals surface area contributed by atoms with E-state index in [0.717, 1.165) is 37.6 Å². The van der Waals surface area contributed by atoms with Gasteiger partial charge < -0.3 is 19.5 Å². The summed E-state index contributed by atoms with van der Waals surface area (Å²) < 4.78 is 6.57. The molecule has 3 rings (SSSR count). The van der Waals surface area contributed by atoms with Gasteiger partial charge in [0, 0.05) is 38.3 Å². The van der Waals surface area contributed by atoms with Gasteiger partial charge in [0.2, 0.25) is 5.88 Å². The highest BCUT2D eigenvalue weighted by Crippen LogP contribution is 2.20. The van der Waals surface area contributed by atoms with Crippen LogP contribution in [0.1, 0.15) is 12.8 Å². The predicted octanol–water partition coefficient (Wildman–Crippen LogP) is 0.660. The predicted molar refractivity (Wildman–Crippen MR) is 86.9 cm³/mol. The number of nitrogens with one attached hydrogen (secondary N) is 1. The van der Waals surface area contributed by atoms with Crippen molar-refractivity contribution >= 4 is 11.6 Å². The Balaban J connectivity index is 1.59. The molecule has 8 heteroatoms.